The summed E-state index contributed by atoms with van der Waals surface area (Å²) >= 11 is 0. The molecule has 0 atom stereocenters. The summed E-state index contributed by atoms with van der Waals surface area (Å²) in [6.45, 7) is 0. The average molecular weight is 424 g/mol. The van der Waals surface area contributed by atoms with Crippen LogP contribution in [0.25, 0.3) is 0 Å². The molecule has 28 heavy (non-hydrogen) atoms. The van der Waals surface area contributed by atoms with E-state index in [0.717, 1.165) is 24.3 Å². The van der Waals surface area contributed by atoms with Crippen LogP contribution in [0.2, 0.25) is 0 Å². The Labute approximate surface area is 160 Å². The first kappa shape index (κ1) is 19.8. The Kier molecular flexibility index (Phi) is 5.34. The SMILES string of the molecule is O=S(=O)(Nc1cccc(NS(=O)(=O)c2cccc(F)c2)c1)c1cccc(F)c1. The lowest BCUT2D eigenvalue weighted by molar-refractivity contribution is 0.594. The molecule has 3 rings (SSSR count). The standard InChI is InChI=1S/C18H14F2N2O4S2/c19-13-4-1-8-17(10-13)27(23,24)21-15-6-3-7-16(12-15)22-28(25,26)18-9-2-5-14(20)11-18/h1-12,21-22H. The number of anilines is 2. The van der Waals surface area contributed by atoms with Crippen molar-refractivity contribution in [2.75, 3.05) is 9.44 Å². The number of benzene rings is 3. The average Bonchev–Trinajstić information content (AvgIpc) is 2.61. The number of hydrogen-bond acceptors (Lipinski definition) is 4. The van der Waals surface area contributed by atoms with Crippen molar-refractivity contribution in [1.82, 2.24) is 0 Å². The van der Waals surface area contributed by atoms with Crippen molar-refractivity contribution in [2.24, 2.45) is 0 Å². The molecule has 6 nitrogen and oxygen atoms in total. The van der Waals surface area contributed by atoms with Gasteiger partial charge in [0, 0.05) is 0 Å². The van der Waals surface area contributed by atoms with Crippen molar-refractivity contribution in [3.63, 3.8) is 0 Å². The van der Waals surface area contributed by atoms with Gasteiger partial charge in [-0.05, 0) is 54.6 Å². The van der Waals surface area contributed by atoms with Crippen molar-refractivity contribution >= 4 is 31.4 Å². The van der Waals surface area contributed by atoms with E-state index in [9.17, 15) is 25.6 Å². The molecule has 0 bridgehead atoms. The Balaban J connectivity index is 1.85. The van der Waals surface area contributed by atoms with E-state index in [1.807, 2.05) is 0 Å². The molecular formula is C18H14F2N2O4S2. The number of sulfonamides is 2. The quantitative estimate of drug-likeness (QED) is 0.633. The van der Waals surface area contributed by atoms with E-state index in [1.165, 1.54) is 48.5 Å². The van der Waals surface area contributed by atoms with Gasteiger partial charge in [-0.25, -0.2) is 25.6 Å². The van der Waals surface area contributed by atoms with Gasteiger partial charge in [0.05, 0.1) is 21.2 Å². The summed E-state index contributed by atoms with van der Waals surface area (Å²) in [6.07, 6.45) is 0. The highest BCUT2D eigenvalue weighted by atomic mass is 32.2. The fraction of sp³-hybridized carbons (Fsp3) is 0. The van der Waals surface area contributed by atoms with Crippen LogP contribution in [0.4, 0.5) is 20.2 Å². The Hall–Kier alpha value is -2.98. The zero-order valence-corrected chi connectivity index (χ0v) is 15.8. The third-order valence-corrected chi connectivity index (χ3v) is 6.34. The molecule has 0 radical (unpaired) electrons. The van der Waals surface area contributed by atoms with Crippen molar-refractivity contribution < 1.29 is 25.6 Å². The Morgan fingerprint density at radius 2 is 0.964 bits per heavy atom. The largest absolute Gasteiger partial charge is 0.280 e. The van der Waals surface area contributed by atoms with Crippen molar-refractivity contribution in [3.8, 4) is 0 Å². The molecule has 0 spiro atoms. The van der Waals surface area contributed by atoms with E-state index in [-0.39, 0.29) is 21.2 Å². The molecule has 0 fully saturated rings. The highest BCUT2D eigenvalue weighted by Gasteiger charge is 2.17. The van der Waals surface area contributed by atoms with E-state index in [0.29, 0.717) is 0 Å². The highest BCUT2D eigenvalue weighted by molar-refractivity contribution is 7.93. The number of halogens is 2. The second-order valence-corrected chi connectivity index (χ2v) is 9.07. The normalized spacial score (nSPS) is 11.8. The summed E-state index contributed by atoms with van der Waals surface area (Å²) in [5.41, 5.74) is 0.118. The van der Waals surface area contributed by atoms with Crippen LogP contribution in [0.1, 0.15) is 0 Å². The predicted octanol–water partition coefficient (Wildman–Crippen LogP) is 3.57. The summed E-state index contributed by atoms with van der Waals surface area (Å²) in [4.78, 5) is -0.559. The first-order valence-corrected chi connectivity index (χ1v) is 10.8. The Morgan fingerprint density at radius 1 is 0.571 bits per heavy atom. The molecule has 0 aromatic heterocycles. The molecule has 0 aliphatic carbocycles. The first-order chi connectivity index (χ1) is 13.2. The van der Waals surface area contributed by atoms with Gasteiger partial charge in [0.25, 0.3) is 20.0 Å². The molecule has 0 unspecified atom stereocenters. The summed E-state index contributed by atoms with van der Waals surface area (Å²) in [5, 5.41) is 0. The molecule has 0 amide bonds. The van der Waals surface area contributed by atoms with E-state index in [2.05, 4.69) is 9.44 Å². The van der Waals surface area contributed by atoms with Crippen molar-refractivity contribution in [3.05, 3.63) is 84.4 Å². The van der Waals surface area contributed by atoms with Crippen molar-refractivity contribution in [2.45, 2.75) is 9.79 Å². The second-order valence-electron chi connectivity index (χ2n) is 5.71. The van der Waals surface area contributed by atoms with Gasteiger partial charge in [0.15, 0.2) is 0 Å². The summed E-state index contributed by atoms with van der Waals surface area (Å²) in [6, 6.07) is 14.4. The van der Waals surface area contributed by atoms with Crippen LogP contribution in [0.5, 0.6) is 0 Å². The maximum Gasteiger partial charge on any atom is 0.261 e. The van der Waals surface area contributed by atoms with Gasteiger partial charge >= 0.3 is 0 Å². The van der Waals surface area contributed by atoms with Gasteiger partial charge in [-0.2, -0.15) is 0 Å². The van der Waals surface area contributed by atoms with Gasteiger partial charge in [-0.15, -0.1) is 0 Å². The Bertz CT molecular complexity index is 1140. The van der Waals surface area contributed by atoms with Gasteiger partial charge < -0.3 is 0 Å². The van der Waals surface area contributed by atoms with Crippen LogP contribution in [0.3, 0.4) is 0 Å². The lowest BCUT2D eigenvalue weighted by Crippen LogP contribution is -2.15. The molecule has 0 saturated heterocycles. The fourth-order valence-electron chi connectivity index (χ4n) is 2.34. The smallest absolute Gasteiger partial charge is 0.261 e. The third kappa shape index (κ3) is 4.65. The minimum absolute atomic E-state index is 0.0590. The molecule has 3 aromatic rings. The zero-order chi connectivity index (χ0) is 20.4. The summed E-state index contributed by atoms with van der Waals surface area (Å²) < 4.78 is 80.5. The van der Waals surface area contributed by atoms with Crippen LogP contribution >= 0.6 is 0 Å². The summed E-state index contributed by atoms with van der Waals surface area (Å²) in [7, 11) is -8.14. The Morgan fingerprint density at radius 3 is 1.36 bits per heavy atom. The molecule has 146 valence electrons. The van der Waals surface area contributed by atoms with Gasteiger partial charge in [-0.1, -0.05) is 18.2 Å². The molecule has 0 aliphatic rings. The monoisotopic (exact) mass is 424 g/mol. The molecule has 0 aliphatic heterocycles. The zero-order valence-electron chi connectivity index (χ0n) is 14.1. The van der Waals surface area contributed by atoms with Crippen LogP contribution in [0, 0.1) is 11.6 Å². The lowest BCUT2D eigenvalue weighted by Gasteiger charge is -2.11. The molecule has 2 N–H and O–H groups in total. The molecule has 0 heterocycles. The van der Waals surface area contributed by atoms with E-state index in [4.69, 9.17) is 0 Å². The van der Waals surface area contributed by atoms with Crippen LogP contribution < -0.4 is 9.44 Å². The lowest BCUT2D eigenvalue weighted by atomic mass is 10.3. The van der Waals surface area contributed by atoms with Crippen LogP contribution in [-0.2, 0) is 20.0 Å². The number of rotatable bonds is 6. The fourth-order valence-corrected chi connectivity index (χ4v) is 4.50. The van der Waals surface area contributed by atoms with Gasteiger partial charge in [0.2, 0.25) is 0 Å². The second kappa shape index (κ2) is 7.56. The van der Waals surface area contributed by atoms with Crippen LogP contribution in [-0.4, -0.2) is 16.8 Å². The maximum absolute atomic E-state index is 13.3. The van der Waals surface area contributed by atoms with E-state index < -0.39 is 31.7 Å². The topological polar surface area (TPSA) is 92.3 Å². The maximum atomic E-state index is 13.3. The van der Waals surface area contributed by atoms with Gasteiger partial charge in [-0.3, -0.25) is 9.44 Å². The summed E-state index contributed by atoms with van der Waals surface area (Å²) in [5.74, 6) is -1.42. The molecular weight excluding hydrogens is 410 g/mol. The highest BCUT2D eigenvalue weighted by Crippen LogP contribution is 2.22. The molecule has 3 aromatic carbocycles. The van der Waals surface area contributed by atoms with Crippen LogP contribution in [0.15, 0.2) is 82.6 Å². The molecule has 10 heteroatoms. The first-order valence-electron chi connectivity index (χ1n) is 7.83. The van der Waals surface area contributed by atoms with E-state index in [1.54, 1.807) is 0 Å². The predicted molar refractivity (Wildman–Crippen MR) is 101 cm³/mol. The third-order valence-electron chi connectivity index (χ3n) is 3.58. The minimum atomic E-state index is -4.07. The van der Waals surface area contributed by atoms with Gasteiger partial charge in [0.1, 0.15) is 11.6 Å². The number of hydrogen-bond donors (Lipinski definition) is 2. The van der Waals surface area contributed by atoms with Crippen molar-refractivity contribution in [1.29, 1.82) is 0 Å². The molecule has 0 saturated carbocycles. The van der Waals surface area contributed by atoms with E-state index >= 15 is 0 Å². The minimum Gasteiger partial charge on any atom is -0.280 e. The number of nitrogens with one attached hydrogen (secondary N) is 2.